The highest BCUT2D eigenvalue weighted by Crippen LogP contribution is 2.34. The highest BCUT2D eigenvalue weighted by Gasteiger charge is 2.33. The molecule has 2 aliphatic carbocycles. The third-order valence-electron chi connectivity index (χ3n) is 2.92. The van der Waals surface area contributed by atoms with Crippen molar-refractivity contribution in [3.63, 3.8) is 0 Å². The summed E-state index contributed by atoms with van der Waals surface area (Å²) in [5, 5.41) is 7.20. The van der Waals surface area contributed by atoms with Gasteiger partial charge in [-0.1, -0.05) is 0 Å². The zero-order chi connectivity index (χ0) is 9.26. The number of rotatable bonds is 6. The van der Waals surface area contributed by atoms with Gasteiger partial charge in [-0.05, 0) is 31.6 Å². The van der Waals surface area contributed by atoms with Crippen LogP contribution in [0.2, 0.25) is 0 Å². The Morgan fingerprint density at radius 3 is 2.46 bits per heavy atom. The fourth-order valence-corrected chi connectivity index (χ4v) is 1.76. The summed E-state index contributed by atoms with van der Waals surface area (Å²) < 4.78 is 0. The minimum absolute atomic E-state index is 0.335. The second-order valence-electron chi connectivity index (χ2n) is 4.44. The van der Waals surface area contributed by atoms with Gasteiger partial charge >= 0.3 is 0 Å². The van der Waals surface area contributed by atoms with Gasteiger partial charge in [0, 0.05) is 25.6 Å². The molecular weight excluding hydrogens is 162 g/mol. The summed E-state index contributed by atoms with van der Waals surface area (Å²) in [6, 6.07) is 0.833. The fourth-order valence-electron chi connectivity index (χ4n) is 1.76. The van der Waals surface area contributed by atoms with Crippen LogP contribution < -0.4 is 5.73 Å². The third-order valence-corrected chi connectivity index (χ3v) is 2.92. The first-order valence-electron chi connectivity index (χ1n) is 5.32. The Labute approximate surface area is 79.8 Å². The lowest BCUT2D eigenvalue weighted by Gasteiger charge is -2.21. The van der Waals surface area contributed by atoms with Crippen LogP contribution in [0.5, 0.6) is 0 Å². The summed E-state index contributed by atoms with van der Waals surface area (Å²) in [7, 11) is 0. The van der Waals surface area contributed by atoms with Gasteiger partial charge < -0.3 is 5.73 Å². The topological polar surface area (TPSA) is 53.1 Å². The van der Waals surface area contributed by atoms with E-state index in [1.807, 2.05) is 0 Å². The molecule has 74 valence electrons. The first-order valence-corrected chi connectivity index (χ1v) is 5.32. The van der Waals surface area contributed by atoms with E-state index in [0.717, 1.165) is 24.9 Å². The van der Waals surface area contributed by atoms with Crippen molar-refractivity contribution in [2.75, 3.05) is 13.1 Å². The Hall–Kier alpha value is -0.570. The zero-order valence-corrected chi connectivity index (χ0v) is 8.13. The number of hydrogen-bond acceptors (Lipinski definition) is 2. The molecule has 13 heavy (non-hydrogen) atoms. The molecule has 3 heteroatoms. The predicted molar refractivity (Wildman–Crippen MR) is 53.9 cm³/mol. The average molecular weight is 181 g/mol. The number of nitrogens with zero attached hydrogens (tertiary/aromatic N) is 1. The van der Waals surface area contributed by atoms with Crippen molar-refractivity contribution in [1.82, 2.24) is 4.90 Å². The molecule has 2 fully saturated rings. The van der Waals surface area contributed by atoms with Crippen molar-refractivity contribution >= 4 is 5.84 Å². The second kappa shape index (κ2) is 3.66. The van der Waals surface area contributed by atoms with Gasteiger partial charge in [0.25, 0.3) is 0 Å². The van der Waals surface area contributed by atoms with Crippen LogP contribution in [-0.4, -0.2) is 29.9 Å². The zero-order valence-electron chi connectivity index (χ0n) is 8.13. The van der Waals surface area contributed by atoms with E-state index in [2.05, 4.69) is 4.90 Å². The molecular formula is C10H19N3. The Bertz CT molecular complexity index is 194. The van der Waals surface area contributed by atoms with Crippen molar-refractivity contribution in [3.8, 4) is 0 Å². The van der Waals surface area contributed by atoms with E-state index < -0.39 is 0 Å². The van der Waals surface area contributed by atoms with Crippen LogP contribution in [0.3, 0.4) is 0 Å². The largest absolute Gasteiger partial charge is 0.388 e. The van der Waals surface area contributed by atoms with Crippen LogP contribution in [0.15, 0.2) is 0 Å². The van der Waals surface area contributed by atoms with E-state index in [-0.39, 0.29) is 0 Å². The predicted octanol–water partition coefficient (Wildman–Crippen LogP) is 1.19. The molecule has 0 aromatic heterocycles. The lowest BCUT2D eigenvalue weighted by Crippen LogP contribution is -2.31. The number of nitrogens with two attached hydrogens (primary N) is 1. The van der Waals surface area contributed by atoms with Crippen LogP contribution >= 0.6 is 0 Å². The third kappa shape index (κ3) is 2.99. The molecule has 2 aliphatic rings. The van der Waals surface area contributed by atoms with Gasteiger partial charge in [-0.2, -0.15) is 0 Å². The highest BCUT2D eigenvalue weighted by atomic mass is 15.2. The van der Waals surface area contributed by atoms with Crippen molar-refractivity contribution in [2.24, 2.45) is 11.7 Å². The normalized spacial score (nSPS) is 22.2. The fraction of sp³-hybridized carbons (Fsp3) is 0.900. The first kappa shape index (κ1) is 9.00. The lowest BCUT2D eigenvalue weighted by atomic mass is 10.3. The van der Waals surface area contributed by atoms with Gasteiger partial charge in [-0.15, -0.1) is 0 Å². The van der Waals surface area contributed by atoms with E-state index in [4.69, 9.17) is 11.1 Å². The first-order chi connectivity index (χ1) is 6.25. The summed E-state index contributed by atoms with van der Waals surface area (Å²) in [5.41, 5.74) is 5.36. The van der Waals surface area contributed by atoms with Gasteiger partial charge in [0.2, 0.25) is 0 Å². The molecule has 3 N–H and O–H groups in total. The molecule has 3 nitrogen and oxygen atoms in total. The minimum atomic E-state index is 0.335. The van der Waals surface area contributed by atoms with Gasteiger partial charge in [0.15, 0.2) is 0 Å². The van der Waals surface area contributed by atoms with E-state index in [1.165, 1.54) is 32.2 Å². The summed E-state index contributed by atoms with van der Waals surface area (Å²) in [6.45, 7) is 2.27. The minimum Gasteiger partial charge on any atom is -0.388 e. The van der Waals surface area contributed by atoms with Crippen LogP contribution in [0.25, 0.3) is 0 Å². The molecule has 0 radical (unpaired) electrons. The Balaban J connectivity index is 1.71. The molecule has 0 aromatic carbocycles. The van der Waals surface area contributed by atoms with Crippen LogP contribution in [0, 0.1) is 11.3 Å². The van der Waals surface area contributed by atoms with E-state index in [9.17, 15) is 0 Å². The maximum Gasteiger partial charge on any atom is 0.0918 e. The molecule has 2 rings (SSSR count). The lowest BCUT2D eigenvalue weighted by molar-refractivity contribution is 0.259. The van der Waals surface area contributed by atoms with Gasteiger partial charge in [0.1, 0.15) is 0 Å². The van der Waals surface area contributed by atoms with E-state index in [1.54, 1.807) is 0 Å². The SMILES string of the molecule is N=C(N)CCN(CC1CC1)C1CC1. The second-order valence-corrected chi connectivity index (χ2v) is 4.44. The molecule has 0 aromatic rings. The average Bonchev–Trinajstić information content (AvgIpc) is 2.88. The Morgan fingerprint density at radius 1 is 1.31 bits per heavy atom. The molecule has 0 spiro atoms. The van der Waals surface area contributed by atoms with Crippen molar-refractivity contribution in [3.05, 3.63) is 0 Å². The number of hydrogen-bond donors (Lipinski definition) is 2. The van der Waals surface area contributed by atoms with Crippen LogP contribution in [0.1, 0.15) is 32.1 Å². The molecule has 0 atom stereocenters. The monoisotopic (exact) mass is 181 g/mol. The van der Waals surface area contributed by atoms with Gasteiger partial charge in [-0.3, -0.25) is 10.3 Å². The smallest absolute Gasteiger partial charge is 0.0918 e. The van der Waals surface area contributed by atoms with Crippen molar-refractivity contribution < 1.29 is 0 Å². The van der Waals surface area contributed by atoms with E-state index >= 15 is 0 Å². The standard InChI is InChI=1S/C10H19N3/c11-10(12)5-6-13(9-3-4-9)7-8-1-2-8/h8-9H,1-7H2,(H3,11,12). The summed E-state index contributed by atoms with van der Waals surface area (Å²) in [5.74, 6) is 1.30. The van der Waals surface area contributed by atoms with Gasteiger partial charge in [-0.25, -0.2) is 0 Å². The number of nitrogens with one attached hydrogen (secondary N) is 1. The van der Waals surface area contributed by atoms with Crippen molar-refractivity contribution in [1.29, 1.82) is 5.41 Å². The quantitative estimate of drug-likeness (QED) is 0.477. The van der Waals surface area contributed by atoms with Crippen LogP contribution in [-0.2, 0) is 0 Å². The summed E-state index contributed by atoms with van der Waals surface area (Å²) in [4.78, 5) is 2.54. The van der Waals surface area contributed by atoms with Gasteiger partial charge in [0.05, 0.1) is 5.84 Å². The highest BCUT2D eigenvalue weighted by molar-refractivity contribution is 5.76. The molecule has 0 bridgehead atoms. The maximum absolute atomic E-state index is 7.20. The van der Waals surface area contributed by atoms with E-state index in [0.29, 0.717) is 5.84 Å². The summed E-state index contributed by atoms with van der Waals surface area (Å²) in [6.07, 6.45) is 6.32. The Kier molecular flexibility index (Phi) is 2.54. The number of amidine groups is 1. The van der Waals surface area contributed by atoms with Crippen molar-refractivity contribution in [2.45, 2.75) is 38.1 Å². The Morgan fingerprint density at radius 2 is 2.00 bits per heavy atom. The molecule has 0 heterocycles. The molecule has 0 unspecified atom stereocenters. The maximum atomic E-state index is 7.20. The molecule has 0 aliphatic heterocycles. The molecule has 0 amide bonds. The van der Waals surface area contributed by atoms with Crippen LogP contribution in [0.4, 0.5) is 0 Å². The molecule has 2 saturated carbocycles. The molecule has 0 saturated heterocycles. The summed E-state index contributed by atoms with van der Waals surface area (Å²) >= 11 is 0.